The molecule has 31 heavy (non-hydrogen) atoms. The van der Waals surface area contributed by atoms with E-state index in [9.17, 15) is 18.0 Å². The van der Waals surface area contributed by atoms with E-state index in [0.717, 1.165) is 12.1 Å². The summed E-state index contributed by atoms with van der Waals surface area (Å²) in [5, 5.41) is 5.98. The summed E-state index contributed by atoms with van der Waals surface area (Å²) in [5.41, 5.74) is 0.887. The Kier molecular flexibility index (Phi) is 7.75. The van der Waals surface area contributed by atoms with E-state index >= 15 is 0 Å². The van der Waals surface area contributed by atoms with E-state index in [1.807, 2.05) is 9.80 Å². The predicted octanol–water partition coefficient (Wildman–Crippen LogP) is 2.16. The van der Waals surface area contributed by atoms with Crippen molar-refractivity contribution in [3.63, 3.8) is 0 Å². The first-order valence-electron chi connectivity index (χ1n) is 10.1. The molecule has 0 spiro atoms. The van der Waals surface area contributed by atoms with Gasteiger partial charge in [0.05, 0.1) is 12.1 Å². The van der Waals surface area contributed by atoms with Gasteiger partial charge >= 0.3 is 0 Å². The number of amides is 1. The van der Waals surface area contributed by atoms with Gasteiger partial charge in [-0.05, 0) is 29.8 Å². The van der Waals surface area contributed by atoms with Crippen molar-refractivity contribution in [2.45, 2.75) is 6.42 Å². The normalized spacial score (nSPS) is 14.5. The molecule has 2 N–H and O–H groups in total. The molecule has 0 aromatic heterocycles. The molecule has 6 nitrogen and oxygen atoms in total. The van der Waals surface area contributed by atoms with Gasteiger partial charge in [-0.25, -0.2) is 13.2 Å². The van der Waals surface area contributed by atoms with Crippen LogP contribution < -0.4 is 15.5 Å². The highest BCUT2D eigenvalue weighted by Crippen LogP contribution is 2.21. The quantitative estimate of drug-likeness (QED) is 0.417. The fourth-order valence-corrected chi connectivity index (χ4v) is 3.49. The van der Waals surface area contributed by atoms with Crippen molar-refractivity contribution in [3.8, 4) is 0 Å². The number of carbonyl (C=O) groups is 1. The summed E-state index contributed by atoms with van der Waals surface area (Å²) in [6, 6.07) is 9.42. The van der Waals surface area contributed by atoms with Crippen molar-refractivity contribution < 1.29 is 18.0 Å². The topological polar surface area (TPSA) is 60.0 Å². The van der Waals surface area contributed by atoms with Gasteiger partial charge in [0, 0.05) is 52.4 Å². The fraction of sp³-hybridized carbons (Fsp3) is 0.364. The van der Waals surface area contributed by atoms with Crippen LogP contribution >= 0.6 is 0 Å². The van der Waals surface area contributed by atoms with Crippen LogP contribution in [0.25, 0.3) is 0 Å². The van der Waals surface area contributed by atoms with Gasteiger partial charge in [-0.3, -0.25) is 9.79 Å². The predicted molar refractivity (Wildman–Crippen MR) is 115 cm³/mol. The van der Waals surface area contributed by atoms with Crippen molar-refractivity contribution in [2.75, 3.05) is 51.2 Å². The van der Waals surface area contributed by atoms with Crippen molar-refractivity contribution in [1.82, 2.24) is 15.5 Å². The average Bonchev–Trinajstić information content (AvgIpc) is 2.76. The zero-order chi connectivity index (χ0) is 22.2. The molecule has 2 aromatic carbocycles. The summed E-state index contributed by atoms with van der Waals surface area (Å²) in [6.07, 6.45) is 0.116. The molecule has 1 saturated heterocycles. The van der Waals surface area contributed by atoms with Crippen LogP contribution in [0.15, 0.2) is 47.5 Å². The third-order valence-corrected chi connectivity index (χ3v) is 5.02. The number of anilines is 1. The number of hydrogen-bond acceptors (Lipinski definition) is 3. The van der Waals surface area contributed by atoms with E-state index in [-0.39, 0.29) is 23.8 Å². The number of piperazine rings is 1. The second-order valence-electron chi connectivity index (χ2n) is 7.20. The van der Waals surface area contributed by atoms with Crippen LogP contribution in [0.5, 0.6) is 0 Å². The highest BCUT2D eigenvalue weighted by Gasteiger charge is 2.22. The highest BCUT2D eigenvalue weighted by molar-refractivity contribution is 5.80. The smallest absolute Gasteiger partial charge is 0.224 e. The number of rotatable bonds is 6. The van der Waals surface area contributed by atoms with Gasteiger partial charge in [-0.15, -0.1) is 0 Å². The maximum atomic E-state index is 14.0. The van der Waals surface area contributed by atoms with E-state index in [0.29, 0.717) is 50.8 Å². The van der Waals surface area contributed by atoms with Gasteiger partial charge < -0.3 is 20.4 Å². The summed E-state index contributed by atoms with van der Waals surface area (Å²) in [4.78, 5) is 20.1. The van der Waals surface area contributed by atoms with Gasteiger partial charge in [0.25, 0.3) is 0 Å². The minimum Gasteiger partial charge on any atom is -0.366 e. The number of nitrogens with zero attached hydrogens (tertiary/aromatic N) is 3. The van der Waals surface area contributed by atoms with Crippen molar-refractivity contribution in [2.24, 2.45) is 4.99 Å². The van der Waals surface area contributed by atoms with E-state index in [1.54, 1.807) is 19.2 Å². The molecule has 1 heterocycles. The molecule has 0 atom stereocenters. The van der Waals surface area contributed by atoms with Gasteiger partial charge in [-0.1, -0.05) is 12.1 Å². The molecular formula is C22H26F3N5O. The van der Waals surface area contributed by atoms with E-state index in [2.05, 4.69) is 15.6 Å². The van der Waals surface area contributed by atoms with Crippen LogP contribution in [0.4, 0.5) is 18.9 Å². The lowest BCUT2D eigenvalue weighted by Gasteiger charge is -2.37. The number of hydrogen-bond donors (Lipinski definition) is 2. The number of halogens is 3. The Morgan fingerprint density at radius 2 is 1.68 bits per heavy atom. The van der Waals surface area contributed by atoms with Crippen LogP contribution in [0, 0.1) is 17.5 Å². The Labute approximate surface area is 179 Å². The summed E-state index contributed by atoms with van der Waals surface area (Å²) in [5.74, 6) is -0.773. The Morgan fingerprint density at radius 1 is 0.968 bits per heavy atom. The summed E-state index contributed by atoms with van der Waals surface area (Å²) in [6.45, 7) is 3.13. The lowest BCUT2D eigenvalue weighted by molar-refractivity contribution is -0.120. The standard InChI is InChI=1S/C22H26F3N5O/c1-26-22(28-8-7-27-21(31)14-16-3-2-4-17(23)13-16)30-11-9-29(10-12-30)20-15-18(24)5-6-19(20)25/h2-6,13,15H,7-12,14H2,1H3,(H,26,28)(H,27,31). The molecule has 1 aliphatic heterocycles. The molecule has 9 heteroatoms. The molecule has 0 saturated carbocycles. The molecule has 0 aliphatic carbocycles. The van der Waals surface area contributed by atoms with Crippen LogP contribution in [0.3, 0.4) is 0 Å². The Balaban J connectivity index is 1.41. The Hall–Kier alpha value is -3.23. The molecule has 0 radical (unpaired) electrons. The molecule has 166 valence electrons. The molecular weight excluding hydrogens is 407 g/mol. The zero-order valence-electron chi connectivity index (χ0n) is 17.4. The summed E-state index contributed by atoms with van der Waals surface area (Å²) >= 11 is 0. The monoisotopic (exact) mass is 433 g/mol. The number of aliphatic imine (C=N–C) groups is 1. The first-order chi connectivity index (χ1) is 15.0. The van der Waals surface area contributed by atoms with Crippen LogP contribution in [-0.4, -0.2) is 63.1 Å². The van der Waals surface area contributed by atoms with Crippen molar-refractivity contribution in [1.29, 1.82) is 0 Å². The Bertz CT molecular complexity index is 929. The summed E-state index contributed by atoms with van der Waals surface area (Å²) < 4.78 is 40.6. The second-order valence-corrected chi connectivity index (χ2v) is 7.20. The van der Waals surface area contributed by atoms with Crippen molar-refractivity contribution >= 4 is 17.6 Å². The van der Waals surface area contributed by atoms with E-state index in [1.165, 1.54) is 18.2 Å². The number of carbonyl (C=O) groups excluding carboxylic acids is 1. The van der Waals surface area contributed by atoms with Crippen LogP contribution in [0.1, 0.15) is 5.56 Å². The fourth-order valence-electron chi connectivity index (χ4n) is 3.49. The van der Waals surface area contributed by atoms with Crippen LogP contribution in [0.2, 0.25) is 0 Å². The first-order valence-corrected chi connectivity index (χ1v) is 10.1. The van der Waals surface area contributed by atoms with E-state index in [4.69, 9.17) is 0 Å². The lowest BCUT2D eigenvalue weighted by atomic mass is 10.1. The third kappa shape index (κ3) is 6.37. The number of guanidine groups is 1. The van der Waals surface area contributed by atoms with Gasteiger partial charge in [0.2, 0.25) is 5.91 Å². The SMILES string of the molecule is CN=C(NCCNC(=O)Cc1cccc(F)c1)N1CCN(c2cc(F)ccc2F)CC1. The molecule has 1 fully saturated rings. The Morgan fingerprint density at radius 3 is 2.39 bits per heavy atom. The third-order valence-electron chi connectivity index (χ3n) is 5.02. The highest BCUT2D eigenvalue weighted by atomic mass is 19.1. The molecule has 2 aromatic rings. The molecule has 3 rings (SSSR count). The second kappa shape index (κ2) is 10.7. The maximum Gasteiger partial charge on any atom is 0.224 e. The minimum atomic E-state index is -0.462. The molecule has 1 amide bonds. The molecule has 0 bridgehead atoms. The van der Waals surface area contributed by atoms with Crippen LogP contribution in [-0.2, 0) is 11.2 Å². The molecule has 0 unspecified atom stereocenters. The zero-order valence-corrected chi connectivity index (χ0v) is 17.4. The van der Waals surface area contributed by atoms with Gasteiger partial charge in [0.1, 0.15) is 17.5 Å². The van der Waals surface area contributed by atoms with Gasteiger partial charge in [0.15, 0.2) is 5.96 Å². The number of benzene rings is 2. The lowest BCUT2D eigenvalue weighted by Crippen LogP contribution is -2.53. The largest absolute Gasteiger partial charge is 0.366 e. The van der Waals surface area contributed by atoms with Gasteiger partial charge in [-0.2, -0.15) is 0 Å². The molecule has 1 aliphatic rings. The van der Waals surface area contributed by atoms with E-state index < -0.39 is 11.6 Å². The number of nitrogens with one attached hydrogen (secondary N) is 2. The summed E-state index contributed by atoms with van der Waals surface area (Å²) in [7, 11) is 1.67. The first kappa shape index (κ1) is 22.5. The minimum absolute atomic E-state index is 0.116. The maximum absolute atomic E-state index is 14.0. The average molecular weight is 433 g/mol. The van der Waals surface area contributed by atoms with Crippen molar-refractivity contribution in [3.05, 3.63) is 65.5 Å².